The summed E-state index contributed by atoms with van der Waals surface area (Å²) in [5.41, 5.74) is 2.64. The van der Waals surface area contributed by atoms with Crippen molar-refractivity contribution in [2.24, 2.45) is 0 Å². The van der Waals surface area contributed by atoms with Crippen LogP contribution in [0.5, 0.6) is 0 Å². The van der Waals surface area contributed by atoms with Gasteiger partial charge in [0.15, 0.2) is 0 Å². The molecule has 1 saturated carbocycles. The minimum absolute atomic E-state index is 0.0539. The van der Waals surface area contributed by atoms with Crippen LogP contribution in [0.4, 0.5) is 5.69 Å². The van der Waals surface area contributed by atoms with E-state index < -0.39 is 28.5 Å². The Hall–Kier alpha value is -3.07. The molecule has 1 atom stereocenters. The first kappa shape index (κ1) is 31.9. The van der Waals surface area contributed by atoms with Crippen molar-refractivity contribution in [3.8, 4) is 0 Å². The summed E-state index contributed by atoms with van der Waals surface area (Å²) in [6.45, 7) is 5.09. The molecule has 0 aliphatic heterocycles. The molecular weight excluding hydrogens is 593 g/mol. The number of carbonyl (C=O) groups is 2. The second kappa shape index (κ2) is 13.9. The van der Waals surface area contributed by atoms with Gasteiger partial charge in [-0.1, -0.05) is 79.4 Å². The van der Waals surface area contributed by atoms with E-state index in [-0.39, 0.29) is 23.4 Å². The van der Waals surface area contributed by atoms with Crippen molar-refractivity contribution in [1.82, 2.24) is 10.2 Å². The van der Waals surface area contributed by atoms with Gasteiger partial charge in [0.1, 0.15) is 12.6 Å². The van der Waals surface area contributed by atoms with Gasteiger partial charge in [0.2, 0.25) is 11.8 Å². The summed E-state index contributed by atoms with van der Waals surface area (Å²) in [7, 11) is -4.13. The van der Waals surface area contributed by atoms with Crippen LogP contribution in [0.3, 0.4) is 0 Å². The molecule has 7 nitrogen and oxygen atoms in total. The van der Waals surface area contributed by atoms with Crippen molar-refractivity contribution in [2.75, 3.05) is 10.8 Å². The molecule has 1 N–H and O–H groups in total. The highest BCUT2D eigenvalue weighted by atomic mass is 35.5. The van der Waals surface area contributed by atoms with Gasteiger partial charge < -0.3 is 10.2 Å². The summed E-state index contributed by atoms with van der Waals surface area (Å²) in [5, 5.41) is 3.82. The summed E-state index contributed by atoms with van der Waals surface area (Å²) >= 11 is 12.4. The number of benzene rings is 3. The fourth-order valence-corrected chi connectivity index (χ4v) is 7.16. The molecule has 0 bridgehead atoms. The van der Waals surface area contributed by atoms with Gasteiger partial charge in [-0.25, -0.2) is 8.42 Å². The van der Waals surface area contributed by atoms with Crippen molar-refractivity contribution >= 4 is 50.7 Å². The van der Waals surface area contributed by atoms with Crippen LogP contribution in [0.25, 0.3) is 0 Å². The van der Waals surface area contributed by atoms with Crippen LogP contribution in [-0.2, 0) is 26.2 Å². The molecule has 1 aliphatic carbocycles. The number of halogens is 2. The van der Waals surface area contributed by atoms with Crippen molar-refractivity contribution in [1.29, 1.82) is 0 Å². The number of nitrogens with one attached hydrogen (secondary N) is 1. The van der Waals surface area contributed by atoms with Crippen molar-refractivity contribution < 1.29 is 18.0 Å². The SMILES string of the molecule is CC[C@@H](C(=O)NC1CCCC1)N(Cc1ccc(Cl)c(Cl)c1)C(=O)CN(c1cc(C)ccc1C)S(=O)(=O)c1ccccc1. The highest BCUT2D eigenvalue weighted by molar-refractivity contribution is 7.92. The van der Waals surface area contributed by atoms with Gasteiger partial charge in [-0.3, -0.25) is 13.9 Å². The maximum Gasteiger partial charge on any atom is 0.264 e. The van der Waals surface area contributed by atoms with Crippen molar-refractivity contribution in [2.45, 2.75) is 76.4 Å². The van der Waals surface area contributed by atoms with Crippen LogP contribution in [0.15, 0.2) is 71.6 Å². The zero-order chi connectivity index (χ0) is 30.4. The van der Waals surface area contributed by atoms with E-state index >= 15 is 0 Å². The molecule has 10 heteroatoms. The molecule has 2 amide bonds. The van der Waals surface area contributed by atoms with E-state index in [4.69, 9.17) is 23.2 Å². The fraction of sp³-hybridized carbons (Fsp3) is 0.375. The standard InChI is InChI=1S/C32H37Cl2N3O4S/c1-4-29(32(39)35-25-10-8-9-11-25)36(20-24-16-17-27(33)28(34)19-24)31(38)21-37(30-18-22(2)14-15-23(30)3)42(40,41)26-12-6-5-7-13-26/h5-7,12-19,25,29H,4,8-11,20-21H2,1-3H3,(H,35,39)/t29-/m0/s1. The summed E-state index contributed by atoms with van der Waals surface area (Å²) < 4.78 is 29.2. The van der Waals surface area contributed by atoms with Crippen LogP contribution in [-0.4, -0.2) is 43.8 Å². The minimum Gasteiger partial charge on any atom is -0.352 e. The molecule has 0 unspecified atom stereocenters. The molecule has 0 radical (unpaired) electrons. The van der Waals surface area contributed by atoms with Crippen LogP contribution in [0.2, 0.25) is 10.0 Å². The lowest BCUT2D eigenvalue weighted by molar-refractivity contribution is -0.140. The van der Waals surface area contributed by atoms with Crippen LogP contribution in [0, 0.1) is 13.8 Å². The van der Waals surface area contributed by atoms with Gasteiger partial charge in [-0.2, -0.15) is 0 Å². The Labute approximate surface area is 258 Å². The highest BCUT2D eigenvalue weighted by Crippen LogP contribution is 2.29. The third kappa shape index (κ3) is 7.46. The maximum atomic E-state index is 14.3. The zero-order valence-electron chi connectivity index (χ0n) is 24.1. The zero-order valence-corrected chi connectivity index (χ0v) is 26.5. The molecule has 42 heavy (non-hydrogen) atoms. The summed E-state index contributed by atoms with van der Waals surface area (Å²) in [6, 6.07) is 17.8. The number of amides is 2. The topological polar surface area (TPSA) is 86.8 Å². The molecule has 0 saturated heterocycles. The van der Waals surface area contributed by atoms with Crippen LogP contribution >= 0.6 is 23.2 Å². The quantitative estimate of drug-likeness (QED) is 0.256. The average molecular weight is 631 g/mol. The number of carbonyl (C=O) groups excluding carboxylic acids is 2. The lowest BCUT2D eigenvalue weighted by Crippen LogP contribution is -2.53. The smallest absolute Gasteiger partial charge is 0.264 e. The largest absolute Gasteiger partial charge is 0.352 e. The second-order valence-corrected chi connectivity index (χ2v) is 13.5. The van der Waals surface area contributed by atoms with E-state index in [1.165, 1.54) is 17.0 Å². The Morgan fingerprint density at radius 1 is 0.952 bits per heavy atom. The number of aryl methyl sites for hydroxylation is 2. The van der Waals surface area contributed by atoms with E-state index in [2.05, 4.69) is 5.32 Å². The number of hydrogen-bond acceptors (Lipinski definition) is 4. The van der Waals surface area contributed by atoms with E-state index in [0.717, 1.165) is 35.6 Å². The molecule has 4 rings (SSSR count). The van der Waals surface area contributed by atoms with Gasteiger partial charge in [0, 0.05) is 12.6 Å². The highest BCUT2D eigenvalue weighted by Gasteiger charge is 2.35. The van der Waals surface area contributed by atoms with E-state index in [1.807, 2.05) is 32.9 Å². The molecule has 3 aromatic carbocycles. The van der Waals surface area contributed by atoms with E-state index in [1.54, 1.807) is 42.5 Å². The van der Waals surface area contributed by atoms with E-state index in [9.17, 15) is 18.0 Å². The third-order valence-electron chi connectivity index (χ3n) is 7.67. The Bertz CT molecular complexity index is 1530. The van der Waals surface area contributed by atoms with Gasteiger partial charge in [-0.05, 0) is 80.1 Å². The van der Waals surface area contributed by atoms with Crippen molar-refractivity contribution in [3.05, 3.63) is 93.5 Å². The summed E-state index contributed by atoms with van der Waals surface area (Å²) in [5.74, 6) is -0.753. The first-order valence-corrected chi connectivity index (χ1v) is 16.4. The van der Waals surface area contributed by atoms with Gasteiger partial charge in [0.25, 0.3) is 10.0 Å². The number of rotatable bonds is 11. The number of hydrogen-bond donors (Lipinski definition) is 1. The van der Waals surface area contributed by atoms with Crippen molar-refractivity contribution in [3.63, 3.8) is 0 Å². The lowest BCUT2D eigenvalue weighted by Gasteiger charge is -2.34. The first-order chi connectivity index (χ1) is 20.0. The minimum atomic E-state index is -4.13. The number of sulfonamides is 1. The number of nitrogens with zero attached hydrogens (tertiary/aromatic N) is 2. The van der Waals surface area contributed by atoms with Crippen LogP contribution < -0.4 is 9.62 Å². The fourth-order valence-electron chi connectivity index (χ4n) is 5.34. The molecule has 0 heterocycles. The number of anilines is 1. The molecule has 1 fully saturated rings. The molecule has 0 spiro atoms. The molecule has 224 valence electrons. The monoisotopic (exact) mass is 629 g/mol. The molecule has 0 aromatic heterocycles. The Morgan fingerprint density at radius 3 is 2.29 bits per heavy atom. The molecular formula is C32H37Cl2N3O4S. The lowest BCUT2D eigenvalue weighted by atomic mass is 10.1. The predicted molar refractivity (Wildman–Crippen MR) is 168 cm³/mol. The average Bonchev–Trinajstić information content (AvgIpc) is 3.48. The Balaban J connectivity index is 1.75. The summed E-state index contributed by atoms with van der Waals surface area (Å²) in [4.78, 5) is 29.4. The Morgan fingerprint density at radius 2 is 1.64 bits per heavy atom. The molecule has 1 aliphatic rings. The normalized spacial score (nSPS) is 14.4. The first-order valence-electron chi connectivity index (χ1n) is 14.2. The molecule has 3 aromatic rings. The summed E-state index contributed by atoms with van der Waals surface area (Å²) in [6.07, 6.45) is 4.25. The van der Waals surface area contributed by atoms with E-state index in [0.29, 0.717) is 33.3 Å². The predicted octanol–water partition coefficient (Wildman–Crippen LogP) is 6.67. The van der Waals surface area contributed by atoms with Crippen LogP contribution in [0.1, 0.15) is 55.7 Å². The van der Waals surface area contributed by atoms with Gasteiger partial charge in [0.05, 0.1) is 20.6 Å². The Kier molecular flexibility index (Phi) is 10.6. The third-order valence-corrected chi connectivity index (χ3v) is 10.2. The van der Waals surface area contributed by atoms with Gasteiger partial charge in [-0.15, -0.1) is 0 Å². The van der Waals surface area contributed by atoms with Gasteiger partial charge >= 0.3 is 0 Å². The second-order valence-electron chi connectivity index (χ2n) is 10.8. The maximum absolute atomic E-state index is 14.3.